The van der Waals surface area contributed by atoms with Gasteiger partial charge in [-0.1, -0.05) is 0 Å². The van der Waals surface area contributed by atoms with Gasteiger partial charge >= 0.3 is 114 Å². The summed E-state index contributed by atoms with van der Waals surface area (Å²) in [5, 5.41) is 10.3. The van der Waals surface area contributed by atoms with Crippen molar-refractivity contribution in [2.45, 2.75) is 23.8 Å². The van der Waals surface area contributed by atoms with Crippen molar-refractivity contribution in [2.24, 2.45) is 0 Å². The van der Waals surface area contributed by atoms with Crippen LogP contribution in [0.25, 0.3) is 0 Å². The summed E-state index contributed by atoms with van der Waals surface area (Å²) in [5.41, 5.74) is 2.75. The van der Waals surface area contributed by atoms with Crippen LogP contribution in [0, 0.1) is 0 Å². The zero-order valence-electron chi connectivity index (χ0n) is 10.1. The molecule has 3 rings (SSSR count). The van der Waals surface area contributed by atoms with Gasteiger partial charge in [0.2, 0.25) is 0 Å². The molecule has 2 aromatic carbocycles. The van der Waals surface area contributed by atoms with Crippen molar-refractivity contribution in [2.75, 3.05) is 0 Å². The van der Waals surface area contributed by atoms with Gasteiger partial charge in [0.25, 0.3) is 0 Å². The molecule has 1 aliphatic rings. The van der Waals surface area contributed by atoms with Crippen LogP contribution in [0.4, 0.5) is 0 Å². The first-order chi connectivity index (χ1) is 8.83. The Morgan fingerprint density at radius 1 is 0.833 bits per heavy atom. The predicted molar refractivity (Wildman–Crippen MR) is 75.4 cm³/mol. The van der Waals surface area contributed by atoms with Crippen LogP contribution in [0.3, 0.4) is 0 Å². The van der Waals surface area contributed by atoms with Gasteiger partial charge in [-0.05, 0) is 0 Å². The Bertz CT molecular complexity index is 524. The molecule has 2 atom stereocenters. The second-order valence-electron chi connectivity index (χ2n) is 4.71. The van der Waals surface area contributed by atoms with Crippen LogP contribution in [0.5, 0.6) is 0 Å². The van der Waals surface area contributed by atoms with Gasteiger partial charge in [0.1, 0.15) is 0 Å². The summed E-state index contributed by atoms with van der Waals surface area (Å²) in [4.78, 5) is 0.412. The Balaban J connectivity index is 1.79. The fraction of sp³-hybridized carbons (Fsp3) is 0.250. The molecule has 0 radical (unpaired) electrons. The topological polar surface area (TPSA) is 20.2 Å². The quantitative estimate of drug-likeness (QED) is 0.841. The Morgan fingerprint density at radius 2 is 1.44 bits per heavy atom. The molecule has 0 aliphatic heterocycles. The molecule has 2 aromatic rings. The summed E-state index contributed by atoms with van der Waals surface area (Å²) in [6, 6.07) is 19.1. The summed E-state index contributed by atoms with van der Waals surface area (Å²) in [7, 11) is 0. The van der Waals surface area contributed by atoms with Gasteiger partial charge < -0.3 is 0 Å². The first-order valence-electron chi connectivity index (χ1n) is 6.29. The second kappa shape index (κ2) is 5.27. The molecule has 0 saturated carbocycles. The van der Waals surface area contributed by atoms with E-state index in [0.717, 1.165) is 12.8 Å². The monoisotopic (exact) mass is 304 g/mol. The summed E-state index contributed by atoms with van der Waals surface area (Å²) < 4.78 is 1.38. The summed E-state index contributed by atoms with van der Waals surface area (Å²) in [6.45, 7) is 0. The van der Waals surface area contributed by atoms with Gasteiger partial charge in [-0.2, -0.15) is 0 Å². The molecule has 1 N–H and O–H groups in total. The van der Waals surface area contributed by atoms with Crippen LogP contribution in [0.15, 0.2) is 54.6 Å². The van der Waals surface area contributed by atoms with Crippen molar-refractivity contribution in [1.29, 1.82) is 0 Å². The summed E-state index contributed by atoms with van der Waals surface area (Å²) in [5.74, 6) is 0. The number of benzene rings is 2. The normalized spacial score (nSPS) is 22.5. The van der Waals surface area contributed by atoms with Gasteiger partial charge in [-0.15, -0.1) is 0 Å². The fourth-order valence-corrected chi connectivity index (χ4v) is 4.94. The van der Waals surface area contributed by atoms with E-state index in [-0.39, 0.29) is 6.10 Å². The zero-order valence-corrected chi connectivity index (χ0v) is 11.8. The van der Waals surface area contributed by atoms with Gasteiger partial charge in [-0.3, -0.25) is 0 Å². The van der Waals surface area contributed by atoms with E-state index in [2.05, 4.69) is 48.5 Å². The third-order valence-electron chi connectivity index (χ3n) is 3.43. The Hall–Kier alpha value is -1.08. The molecule has 0 aromatic heterocycles. The number of hydrogen-bond acceptors (Lipinski definition) is 1. The van der Waals surface area contributed by atoms with Crippen molar-refractivity contribution in [3.8, 4) is 0 Å². The number of fused-ring (bicyclic) bond motifs is 1. The molecule has 0 heterocycles. The fourth-order valence-electron chi connectivity index (χ4n) is 2.46. The van der Waals surface area contributed by atoms with Crippen molar-refractivity contribution in [1.82, 2.24) is 0 Å². The number of aliphatic hydroxyl groups excluding tert-OH is 1. The van der Waals surface area contributed by atoms with Crippen LogP contribution in [-0.2, 0) is 12.8 Å². The van der Waals surface area contributed by atoms with E-state index in [1.54, 1.807) is 0 Å². The van der Waals surface area contributed by atoms with E-state index in [4.69, 9.17) is 0 Å². The molecule has 2 heteroatoms. The molecule has 1 aliphatic carbocycles. The van der Waals surface area contributed by atoms with Crippen molar-refractivity contribution in [3.63, 3.8) is 0 Å². The molecule has 18 heavy (non-hydrogen) atoms. The SMILES string of the molecule is O[C@H]1Cc2ccccc2C[C@@H]1[Se]c1ccccc1. The first-order valence-corrected chi connectivity index (χ1v) is 8.14. The number of rotatable bonds is 2. The number of hydrogen-bond donors (Lipinski definition) is 1. The van der Waals surface area contributed by atoms with E-state index >= 15 is 0 Å². The Labute approximate surface area is 114 Å². The zero-order chi connectivity index (χ0) is 12.4. The van der Waals surface area contributed by atoms with E-state index < -0.39 is 0 Å². The third-order valence-corrected chi connectivity index (χ3v) is 6.21. The van der Waals surface area contributed by atoms with Crippen molar-refractivity contribution in [3.05, 3.63) is 65.7 Å². The molecule has 92 valence electrons. The second-order valence-corrected chi connectivity index (χ2v) is 7.47. The molecular formula is C16H16OSe. The van der Waals surface area contributed by atoms with Crippen LogP contribution in [-0.4, -0.2) is 26.2 Å². The van der Waals surface area contributed by atoms with Crippen molar-refractivity contribution < 1.29 is 5.11 Å². The van der Waals surface area contributed by atoms with Crippen LogP contribution in [0.1, 0.15) is 11.1 Å². The van der Waals surface area contributed by atoms with Gasteiger partial charge in [0, 0.05) is 0 Å². The number of aliphatic hydroxyl groups is 1. The maximum atomic E-state index is 10.3. The predicted octanol–water partition coefficient (Wildman–Crippen LogP) is 1.96. The van der Waals surface area contributed by atoms with E-state index in [1.807, 2.05) is 6.07 Å². The Kier molecular flexibility index (Phi) is 3.51. The summed E-state index contributed by atoms with van der Waals surface area (Å²) in [6.07, 6.45) is 1.65. The molecule has 0 spiro atoms. The molecule has 0 amide bonds. The van der Waals surface area contributed by atoms with Crippen LogP contribution in [0.2, 0.25) is 4.82 Å². The van der Waals surface area contributed by atoms with Crippen LogP contribution >= 0.6 is 0 Å². The minimum absolute atomic E-state index is 0.180. The van der Waals surface area contributed by atoms with Gasteiger partial charge in [-0.25, -0.2) is 0 Å². The Morgan fingerprint density at radius 3 is 2.17 bits per heavy atom. The van der Waals surface area contributed by atoms with Gasteiger partial charge in [0.15, 0.2) is 0 Å². The van der Waals surface area contributed by atoms with E-state index in [9.17, 15) is 5.11 Å². The van der Waals surface area contributed by atoms with Crippen LogP contribution < -0.4 is 4.46 Å². The average Bonchev–Trinajstić information content (AvgIpc) is 2.41. The standard InChI is InChI=1S/C16H16OSe/c17-15-10-12-6-4-5-7-13(12)11-16(15)18-14-8-2-1-3-9-14/h1-9,15-17H,10-11H2/t15-,16-/m0/s1. The molecular weight excluding hydrogens is 287 g/mol. The maximum absolute atomic E-state index is 10.3. The first kappa shape index (κ1) is 12.0. The molecule has 0 unspecified atom stereocenters. The van der Waals surface area contributed by atoms with Gasteiger partial charge in [0.05, 0.1) is 0 Å². The van der Waals surface area contributed by atoms with E-state index in [0.29, 0.717) is 19.8 Å². The molecule has 0 saturated heterocycles. The summed E-state index contributed by atoms with van der Waals surface area (Å²) >= 11 is 0.355. The molecule has 1 nitrogen and oxygen atoms in total. The van der Waals surface area contributed by atoms with E-state index in [1.165, 1.54) is 15.6 Å². The minimum atomic E-state index is -0.180. The third kappa shape index (κ3) is 2.51. The molecule has 0 bridgehead atoms. The van der Waals surface area contributed by atoms with Crippen molar-refractivity contribution >= 4 is 19.4 Å². The average molecular weight is 303 g/mol. The molecule has 0 fully saturated rings.